The third kappa shape index (κ3) is 3.10. The number of pyridine rings is 1. The van der Waals surface area contributed by atoms with Crippen LogP contribution in [0.4, 0.5) is 5.82 Å². The maximum Gasteiger partial charge on any atom is 0.136 e. The van der Waals surface area contributed by atoms with Crippen molar-refractivity contribution >= 4 is 34.8 Å². The summed E-state index contributed by atoms with van der Waals surface area (Å²) in [6.07, 6.45) is 4.16. The van der Waals surface area contributed by atoms with Gasteiger partial charge in [0.2, 0.25) is 0 Å². The van der Waals surface area contributed by atoms with E-state index in [4.69, 9.17) is 18.0 Å². The van der Waals surface area contributed by atoms with Gasteiger partial charge >= 0.3 is 0 Å². The first-order valence-electron chi connectivity index (χ1n) is 5.78. The highest BCUT2D eigenvalue weighted by molar-refractivity contribution is 7.99. The van der Waals surface area contributed by atoms with Crippen molar-refractivity contribution in [3.8, 4) is 0 Å². The molecule has 0 bridgehead atoms. The number of rotatable bonds is 3. The Morgan fingerprint density at radius 1 is 1.53 bits per heavy atom. The van der Waals surface area contributed by atoms with Gasteiger partial charge in [-0.1, -0.05) is 12.2 Å². The first-order valence-corrected chi connectivity index (χ1v) is 7.34. The quantitative estimate of drug-likeness (QED) is 0.823. The zero-order chi connectivity index (χ0) is 12.3. The number of nitrogens with two attached hydrogens (primary N) is 1. The summed E-state index contributed by atoms with van der Waals surface area (Å²) in [7, 11) is 0. The van der Waals surface area contributed by atoms with Crippen LogP contribution in [0.2, 0.25) is 0 Å². The van der Waals surface area contributed by atoms with Gasteiger partial charge in [0, 0.05) is 12.2 Å². The van der Waals surface area contributed by atoms with Gasteiger partial charge in [-0.2, -0.15) is 11.8 Å². The smallest absolute Gasteiger partial charge is 0.136 e. The number of thioether (sulfide) groups is 1. The predicted molar refractivity (Wildman–Crippen MR) is 78.8 cm³/mol. The SMILES string of the molecule is Cc1ccnc(NC2CCSCC2)c1C(N)=S. The maximum absolute atomic E-state index is 5.77. The molecule has 3 nitrogen and oxygen atoms in total. The summed E-state index contributed by atoms with van der Waals surface area (Å²) in [5.74, 6) is 3.27. The molecule has 0 aliphatic carbocycles. The number of thiocarbonyl (C=S) groups is 1. The van der Waals surface area contributed by atoms with Gasteiger partial charge in [0.15, 0.2) is 0 Å². The highest BCUT2D eigenvalue weighted by Gasteiger charge is 2.17. The normalized spacial score (nSPS) is 16.8. The molecule has 2 heterocycles. The standard InChI is InChI=1S/C12H17N3S2/c1-8-2-5-14-12(10(8)11(13)16)15-9-3-6-17-7-4-9/h2,5,9H,3-4,6-7H2,1H3,(H2,13,16)(H,14,15). The minimum absolute atomic E-state index is 0.420. The van der Waals surface area contributed by atoms with Crippen molar-refractivity contribution in [2.75, 3.05) is 16.8 Å². The molecule has 3 N–H and O–H groups in total. The van der Waals surface area contributed by atoms with E-state index >= 15 is 0 Å². The number of aryl methyl sites for hydroxylation is 1. The molecule has 1 fully saturated rings. The second-order valence-corrected chi connectivity index (χ2v) is 5.91. The lowest BCUT2D eigenvalue weighted by Gasteiger charge is -2.24. The van der Waals surface area contributed by atoms with Gasteiger partial charge in [0.1, 0.15) is 10.8 Å². The maximum atomic E-state index is 5.77. The molecule has 17 heavy (non-hydrogen) atoms. The van der Waals surface area contributed by atoms with Gasteiger partial charge in [-0.3, -0.25) is 0 Å². The first kappa shape index (κ1) is 12.6. The highest BCUT2D eigenvalue weighted by atomic mass is 32.2. The van der Waals surface area contributed by atoms with Gasteiger partial charge in [-0.05, 0) is 42.9 Å². The molecule has 92 valence electrons. The molecule has 0 atom stereocenters. The van der Waals surface area contributed by atoms with E-state index in [1.165, 1.54) is 24.3 Å². The molecule has 0 unspecified atom stereocenters. The van der Waals surface area contributed by atoms with Gasteiger partial charge in [-0.25, -0.2) is 4.98 Å². The van der Waals surface area contributed by atoms with Crippen LogP contribution in [0.5, 0.6) is 0 Å². The summed E-state index contributed by atoms with van der Waals surface area (Å²) >= 11 is 7.11. The van der Waals surface area contributed by atoms with Crippen LogP contribution in [0.3, 0.4) is 0 Å². The van der Waals surface area contributed by atoms with Crippen LogP contribution < -0.4 is 11.1 Å². The molecule has 1 aliphatic heterocycles. The van der Waals surface area contributed by atoms with Crippen molar-refractivity contribution in [3.63, 3.8) is 0 Å². The third-order valence-electron chi connectivity index (χ3n) is 2.97. The fourth-order valence-corrected chi connectivity index (χ4v) is 3.38. The van der Waals surface area contributed by atoms with E-state index in [1.807, 2.05) is 24.8 Å². The Morgan fingerprint density at radius 3 is 2.88 bits per heavy atom. The Bertz CT molecular complexity index is 414. The number of nitrogens with one attached hydrogen (secondary N) is 1. The first-order chi connectivity index (χ1) is 8.18. The number of anilines is 1. The topological polar surface area (TPSA) is 50.9 Å². The Hall–Kier alpha value is -0.810. The van der Waals surface area contributed by atoms with Gasteiger partial charge < -0.3 is 11.1 Å². The van der Waals surface area contributed by atoms with E-state index in [-0.39, 0.29) is 0 Å². The average Bonchev–Trinajstić information content (AvgIpc) is 2.30. The monoisotopic (exact) mass is 267 g/mol. The van der Waals surface area contributed by atoms with Gasteiger partial charge in [-0.15, -0.1) is 0 Å². The van der Waals surface area contributed by atoms with Gasteiger partial charge in [0.05, 0.1) is 5.56 Å². The van der Waals surface area contributed by atoms with Crippen LogP contribution in [-0.2, 0) is 0 Å². The molecule has 0 aromatic carbocycles. The summed E-state index contributed by atoms with van der Waals surface area (Å²) in [6, 6.07) is 2.44. The summed E-state index contributed by atoms with van der Waals surface area (Å²) < 4.78 is 0. The van der Waals surface area contributed by atoms with Crippen molar-refractivity contribution < 1.29 is 0 Å². The van der Waals surface area contributed by atoms with Crippen LogP contribution in [0.15, 0.2) is 12.3 Å². The lowest BCUT2D eigenvalue weighted by molar-refractivity contribution is 0.663. The van der Waals surface area contributed by atoms with Crippen LogP contribution >= 0.6 is 24.0 Å². The molecular formula is C12H17N3S2. The number of aromatic nitrogens is 1. The Kier molecular flexibility index (Phi) is 4.23. The summed E-state index contributed by atoms with van der Waals surface area (Å²) in [5.41, 5.74) is 7.74. The molecule has 0 radical (unpaired) electrons. The van der Waals surface area contributed by atoms with Crippen molar-refractivity contribution in [2.24, 2.45) is 5.73 Å². The van der Waals surface area contributed by atoms with E-state index in [0.29, 0.717) is 11.0 Å². The average molecular weight is 267 g/mol. The summed E-state index contributed by atoms with van der Waals surface area (Å²) in [6.45, 7) is 2.01. The van der Waals surface area contributed by atoms with E-state index < -0.39 is 0 Å². The molecule has 0 saturated carbocycles. The lowest BCUT2D eigenvalue weighted by atomic mass is 10.1. The van der Waals surface area contributed by atoms with Crippen LogP contribution in [0.1, 0.15) is 24.0 Å². The van der Waals surface area contributed by atoms with Crippen molar-refractivity contribution in [1.29, 1.82) is 0 Å². The van der Waals surface area contributed by atoms with E-state index in [1.54, 1.807) is 6.20 Å². The molecule has 0 spiro atoms. The summed E-state index contributed by atoms with van der Waals surface area (Å²) in [5, 5.41) is 3.48. The second-order valence-electron chi connectivity index (χ2n) is 4.25. The largest absolute Gasteiger partial charge is 0.389 e. The third-order valence-corrected chi connectivity index (χ3v) is 4.22. The van der Waals surface area contributed by atoms with E-state index in [2.05, 4.69) is 10.3 Å². The number of nitrogens with zero attached hydrogens (tertiary/aromatic N) is 1. The minimum Gasteiger partial charge on any atom is -0.389 e. The molecule has 1 saturated heterocycles. The predicted octanol–water partition coefficient (Wildman–Crippen LogP) is 2.33. The minimum atomic E-state index is 0.420. The Labute approximate surface area is 112 Å². The van der Waals surface area contributed by atoms with Gasteiger partial charge in [0.25, 0.3) is 0 Å². The van der Waals surface area contributed by atoms with Crippen molar-refractivity contribution in [3.05, 3.63) is 23.4 Å². The Morgan fingerprint density at radius 2 is 2.24 bits per heavy atom. The van der Waals surface area contributed by atoms with Crippen LogP contribution in [0.25, 0.3) is 0 Å². The lowest BCUT2D eigenvalue weighted by Crippen LogP contribution is -2.27. The zero-order valence-electron chi connectivity index (χ0n) is 9.90. The van der Waals surface area contributed by atoms with Crippen LogP contribution in [0, 0.1) is 6.92 Å². The zero-order valence-corrected chi connectivity index (χ0v) is 11.5. The highest BCUT2D eigenvalue weighted by Crippen LogP contribution is 2.23. The molecule has 2 rings (SSSR count). The van der Waals surface area contributed by atoms with E-state index in [0.717, 1.165) is 16.9 Å². The number of hydrogen-bond donors (Lipinski definition) is 2. The summed E-state index contributed by atoms with van der Waals surface area (Å²) in [4.78, 5) is 4.79. The fraction of sp³-hybridized carbons (Fsp3) is 0.500. The molecule has 5 heteroatoms. The second kappa shape index (κ2) is 5.69. The molecular weight excluding hydrogens is 250 g/mol. The molecule has 1 aliphatic rings. The van der Waals surface area contributed by atoms with E-state index in [9.17, 15) is 0 Å². The number of hydrogen-bond acceptors (Lipinski definition) is 4. The molecule has 1 aromatic rings. The molecule has 0 amide bonds. The van der Waals surface area contributed by atoms with Crippen molar-refractivity contribution in [2.45, 2.75) is 25.8 Å². The molecule has 1 aromatic heterocycles. The fourth-order valence-electron chi connectivity index (χ4n) is 2.01. The van der Waals surface area contributed by atoms with Crippen LogP contribution in [-0.4, -0.2) is 27.5 Å². The van der Waals surface area contributed by atoms with Crippen molar-refractivity contribution in [1.82, 2.24) is 4.98 Å². The Balaban J connectivity index is 2.19.